The Hall–Kier alpha value is -0.860. The highest BCUT2D eigenvalue weighted by molar-refractivity contribution is 5.15. The van der Waals surface area contributed by atoms with Crippen LogP contribution in [0.4, 0.5) is 0 Å². The number of nitrogens with zero attached hydrogens (tertiary/aromatic N) is 3. The summed E-state index contributed by atoms with van der Waals surface area (Å²) in [5, 5.41) is 8.71. The lowest BCUT2D eigenvalue weighted by molar-refractivity contribution is 0.527. The Morgan fingerprint density at radius 1 is 1.18 bits per heavy atom. The fourth-order valence-corrected chi connectivity index (χ4v) is 3.82. The zero-order chi connectivity index (χ0) is 11.8. The largest absolute Gasteiger partial charge is 0.249 e. The van der Waals surface area contributed by atoms with Crippen molar-refractivity contribution >= 4 is 0 Å². The SMILES string of the molecule is CCCn1nnc2c1CC[C@@H]1[C@H](CC)[C@@H]1CC2. The lowest BCUT2D eigenvalue weighted by Gasteiger charge is -2.09. The van der Waals surface area contributed by atoms with Crippen molar-refractivity contribution in [1.82, 2.24) is 15.0 Å². The molecule has 1 fully saturated rings. The molecule has 3 nitrogen and oxygen atoms in total. The lowest BCUT2D eigenvalue weighted by Crippen LogP contribution is -2.08. The molecule has 0 N–H and O–H groups in total. The zero-order valence-electron chi connectivity index (χ0n) is 11.0. The first-order valence-electron chi connectivity index (χ1n) is 7.26. The van der Waals surface area contributed by atoms with Gasteiger partial charge in [0.15, 0.2) is 0 Å². The molecule has 0 saturated heterocycles. The molecule has 0 unspecified atom stereocenters. The Morgan fingerprint density at radius 3 is 2.65 bits per heavy atom. The first kappa shape index (κ1) is 11.2. The molecule has 1 aromatic rings. The van der Waals surface area contributed by atoms with Crippen LogP contribution in [0.2, 0.25) is 0 Å². The van der Waals surface area contributed by atoms with E-state index in [-0.39, 0.29) is 0 Å². The fourth-order valence-electron chi connectivity index (χ4n) is 3.82. The Bertz CT molecular complexity index is 396. The summed E-state index contributed by atoms with van der Waals surface area (Å²) < 4.78 is 2.15. The molecule has 0 bridgehead atoms. The van der Waals surface area contributed by atoms with Crippen molar-refractivity contribution in [2.24, 2.45) is 17.8 Å². The van der Waals surface area contributed by atoms with E-state index in [0.717, 1.165) is 37.1 Å². The third-order valence-electron chi connectivity index (χ3n) is 4.76. The van der Waals surface area contributed by atoms with Crippen LogP contribution in [0.25, 0.3) is 0 Å². The zero-order valence-corrected chi connectivity index (χ0v) is 11.0. The standard InChI is InChI=1S/C14H23N3/c1-3-9-17-14-8-6-12-10(4-2)11(12)5-7-13(14)15-16-17/h10-12H,3-9H2,1-2H3/t10-,11+,12-/m1/s1. The predicted molar refractivity (Wildman–Crippen MR) is 67.7 cm³/mol. The lowest BCUT2D eigenvalue weighted by atomic mass is 10.0. The van der Waals surface area contributed by atoms with Crippen LogP contribution in [0.1, 0.15) is 50.9 Å². The first-order valence-corrected chi connectivity index (χ1v) is 7.26. The van der Waals surface area contributed by atoms with Gasteiger partial charge in [0, 0.05) is 6.54 Å². The Kier molecular flexibility index (Phi) is 2.93. The van der Waals surface area contributed by atoms with Crippen molar-refractivity contribution in [2.75, 3.05) is 0 Å². The molecule has 2 aliphatic carbocycles. The van der Waals surface area contributed by atoms with E-state index >= 15 is 0 Å². The molecule has 3 heteroatoms. The quantitative estimate of drug-likeness (QED) is 0.803. The van der Waals surface area contributed by atoms with Gasteiger partial charge in [-0.1, -0.05) is 25.5 Å². The maximum Gasteiger partial charge on any atom is 0.0859 e. The number of aromatic nitrogens is 3. The molecule has 1 heterocycles. The van der Waals surface area contributed by atoms with Gasteiger partial charge in [0.25, 0.3) is 0 Å². The third-order valence-corrected chi connectivity index (χ3v) is 4.76. The summed E-state index contributed by atoms with van der Waals surface area (Å²) in [7, 11) is 0. The van der Waals surface area contributed by atoms with Gasteiger partial charge in [0.1, 0.15) is 0 Å². The van der Waals surface area contributed by atoms with Crippen molar-refractivity contribution in [2.45, 2.75) is 58.9 Å². The van der Waals surface area contributed by atoms with Crippen molar-refractivity contribution in [3.05, 3.63) is 11.4 Å². The van der Waals surface area contributed by atoms with E-state index in [1.165, 1.54) is 37.1 Å². The molecule has 0 spiro atoms. The predicted octanol–water partition coefficient (Wildman–Crippen LogP) is 2.84. The van der Waals surface area contributed by atoms with Crippen molar-refractivity contribution < 1.29 is 0 Å². The van der Waals surface area contributed by atoms with Crippen LogP contribution in [0.15, 0.2) is 0 Å². The minimum absolute atomic E-state index is 1.00. The molecule has 1 aromatic heterocycles. The molecule has 3 atom stereocenters. The maximum absolute atomic E-state index is 4.39. The normalized spacial score (nSPS) is 31.3. The number of hydrogen-bond donors (Lipinski definition) is 0. The number of hydrogen-bond acceptors (Lipinski definition) is 2. The van der Waals surface area contributed by atoms with Crippen LogP contribution < -0.4 is 0 Å². The van der Waals surface area contributed by atoms with Gasteiger partial charge in [-0.25, -0.2) is 4.68 Å². The van der Waals surface area contributed by atoms with Crippen LogP contribution in [0.3, 0.4) is 0 Å². The van der Waals surface area contributed by atoms with Gasteiger partial charge < -0.3 is 0 Å². The Balaban J connectivity index is 1.76. The van der Waals surface area contributed by atoms with Crippen LogP contribution in [-0.4, -0.2) is 15.0 Å². The van der Waals surface area contributed by atoms with E-state index in [9.17, 15) is 0 Å². The molecule has 94 valence electrons. The summed E-state index contributed by atoms with van der Waals surface area (Å²) in [5.74, 6) is 3.04. The third kappa shape index (κ3) is 1.90. The molecule has 3 rings (SSSR count). The summed E-state index contributed by atoms with van der Waals surface area (Å²) >= 11 is 0. The van der Waals surface area contributed by atoms with Gasteiger partial charge in [-0.2, -0.15) is 0 Å². The summed E-state index contributed by atoms with van der Waals surface area (Å²) in [4.78, 5) is 0. The van der Waals surface area contributed by atoms with E-state index in [4.69, 9.17) is 0 Å². The molecule has 0 aliphatic heterocycles. The van der Waals surface area contributed by atoms with Gasteiger partial charge in [-0.05, 0) is 49.9 Å². The number of fused-ring (bicyclic) bond motifs is 2. The van der Waals surface area contributed by atoms with E-state index in [1.54, 1.807) is 0 Å². The van der Waals surface area contributed by atoms with E-state index < -0.39 is 0 Å². The van der Waals surface area contributed by atoms with Crippen molar-refractivity contribution in [1.29, 1.82) is 0 Å². The topological polar surface area (TPSA) is 30.7 Å². The molecule has 1 saturated carbocycles. The van der Waals surface area contributed by atoms with Crippen LogP contribution in [0.5, 0.6) is 0 Å². The highest BCUT2D eigenvalue weighted by Crippen LogP contribution is 2.54. The number of aryl methyl sites for hydroxylation is 2. The molecule has 0 amide bonds. The van der Waals surface area contributed by atoms with Crippen molar-refractivity contribution in [3.63, 3.8) is 0 Å². The fraction of sp³-hybridized carbons (Fsp3) is 0.857. The summed E-state index contributed by atoms with van der Waals surface area (Å²) in [5.41, 5.74) is 2.73. The number of rotatable bonds is 3. The maximum atomic E-state index is 4.39. The van der Waals surface area contributed by atoms with Crippen LogP contribution in [0, 0.1) is 17.8 Å². The average Bonchev–Trinajstić information content (AvgIpc) is 2.85. The molecular formula is C14H23N3. The van der Waals surface area contributed by atoms with Gasteiger partial charge in [-0.15, -0.1) is 5.10 Å². The van der Waals surface area contributed by atoms with E-state index in [2.05, 4.69) is 28.8 Å². The molecular weight excluding hydrogens is 210 g/mol. The summed E-state index contributed by atoms with van der Waals surface area (Å²) in [6.07, 6.45) is 7.62. The molecule has 2 aliphatic rings. The second-order valence-electron chi connectivity index (χ2n) is 5.68. The molecule has 0 radical (unpaired) electrons. The highest BCUT2D eigenvalue weighted by atomic mass is 15.4. The minimum Gasteiger partial charge on any atom is -0.249 e. The first-order chi connectivity index (χ1) is 8.35. The highest BCUT2D eigenvalue weighted by Gasteiger charge is 2.48. The van der Waals surface area contributed by atoms with Gasteiger partial charge in [0.2, 0.25) is 0 Å². The Labute approximate surface area is 104 Å². The van der Waals surface area contributed by atoms with E-state index in [0.29, 0.717) is 0 Å². The van der Waals surface area contributed by atoms with Crippen molar-refractivity contribution in [3.8, 4) is 0 Å². The summed E-state index contributed by atoms with van der Waals surface area (Å²) in [6, 6.07) is 0. The second-order valence-corrected chi connectivity index (χ2v) is 5.68. The molecule has 17 heavy (non-hydrogen) atoms. The Morgan fingerprint density at radius 2 is 1.94 bits per heavy atom. The average molecular weight is 233 g/mol. The van der Waals surface area contributed by atoms with Gasteiger partial charge >= 0.3 is 0 Å². The second kappa shape index (κ2) is 4.43. The van der Waals surface area contributed by atoms with Crippen LogP contribution >= 0.6 is 0 Å². The minimum atomic E-state index is 1.00. The summed E-state index contributed by atoms with van der Waals surface area (Å²) in [6.45, 7) is 5.59. The van der Waals surface area contributed by atoms with E-state index in [1.807, 2.05) is 0 Å². The molecule has 0 aromatic carbocycles. The smallest absolute Gasteiger partial charge is 0.0859 e. The van der Waals surface area contributed by atoms with Gasteiger partial charge in [-0.3, -0.25) is 0 Å². The van der Waals surface area contributed by atoms with Gasteiger partial charge in [0.05, 0.1) is 11.4 Å². The monoisotopic (exact) mass is 233 g/mol. The van der Waals surface area contributed by atoms with Crippen LogP contribution in [-0.2, 0) is 19.4 Å².